The molecule has 0 saturated heterocycles. The van der Waals surface area contributed by atoms with E-state index in [0.29, 0.717) is 28.8 Å². The molecule has 0 unspecified atom stereocenters. The zero-order valence-electron chi connectivity index (χ0n) is 15.0. The monoisotopic (exact) mass is 338 g/mol. The molecule has 1 aromatic carbocycles. The van der Waals surface area contributed by atoms with Gasteiger partial charge in [-0.3, -0.25) is 19.4 Å². The summed E-state index contributed by atoms with van der Waals surface area (Å²) < 4.78 is 1.55. The highest BCUT2D eigenvalue weighted by Gasteiger charge is 2.20. The third kappa shape index (κ3) is 3.20. The van der Waals surface area contributed by atoms with Crippen molar-refractivity contribution in [1.82, 2.24) is 19.7 Å². The van der Waals surface area contributed by atoms with E-state index in [1.54, 1.807) is 29.7 Å². The van der Waals surface area contributed by atoms with Crippen molar-refractivity contribution >= 4 is 16.9 Å². The van der Waals surface area contributed by atoms with Gasteiger partial charge in [0.2, 0.25) is 0 Å². The maximum Gasteiger partial charge on any atom is 0.274 e. The summed E-state index contributed by atoms with van der Waals surface area (Å²) in [6, 6.07) is 9.89. The average molecular weight is 338 g/mol. The molecule has 0 spiro atoms. The van der Waals surface area contributed by atoms with E-state index >= 15 is 0 Å². The van der Waals surface area contributed by atoms with Crippen LogP contribution in [0.2, 0.25) is 0 Å². The molecule has 0 atom stereocenters. The van der Waals surface area contributed by atoms with Crippen LogP contribution in [0, 0.1) is 6.92 Å². The fourth-order valence-electron chi connectivity index (χ4n) is 2.98. The number of pyridine rings is 1. The quantitative estimate of drug-likeness (QED) is 0.794. The second-order valence-electron chi connectivity index (χ2n) is 6.34. The highest BCUT2D eigenvalue weighted by molar-refractivity contribution is 6.05. The molecule has 6 nitrogen and oxygen atoms in total. The minimum absolute atomic E-state index is 0.188. The minimum atomic E-state index is -0.297. The lowest BCUT2D eigenvalue weighted by Gasteiger charge is -2.18. The topological polar surface area (TPSA) is 71.0 Å². The van der Waals surface area contributed by atoms with E-state index in [0.717, 1.165) is 12.0 Å². The minimum Gasteiger partial charge on any atom is -0.337 e. The molecule has 3 rings (SSSR count). The highest BCUT2D eigenvalue weighted by Crippen LogP contribution is 2.17. The van der Waals surface area contributed by atoms with Gasteiger partial charge >= 0.3 is 0 Å². The summed E-state index contributed by atoms with van der Waals surface area (Å²) in [6.45, 7) is 4.41. The smallest absolute Gasteiger partial charge is 0.274 e. The summed E-state index contributed by atoms with van der Waals surface area (Å²) in [6.07, 6.45) is 0.986. The summed E-state index contributed by atoms with van der Waals surface area (Å²) in [4.78, 5) is 31.1. The number of carbonyl (C=O) groups excluding carboxylic acids is 1. The fourth-order valence-corrected chi connectivity index (χ4v) is 2.98. The summed E-state index contributed by atoms with van der Waals surface area (Å²) in [7, 11) is 3.46. The van der Waals surface area contributed by atoms with Crippen molar-refractivity contribution in [3.8, 4) is 0 Å². The number of carbonyl (C=O) groups is 1. The molecule has 0 fully saturated rings. The van der Waals surface area contributed by atoms with Crippen LogP contribution < -0.4 is 5.56 Å². The number of amides is 1. The number of rotatable bonds is 4. The van der Waals surface area contributed by atoms with Crippen molar-refractivity contribution in [1.29, 1.82) is 0 Å². The van der Waals surface area contributed by atoms with Crippen molar-refractivity contribution in [2.24, 2.45) is 7.05 Å². The van der Waals surface area contributed by atoms with E-state index in [9.17, 15) is 9.59 Å². The van der Waals surface area contributed by atoms with Gasteiger partial charge in [0, 0.05) is 26.3 Å². The Kier molecular flexibility index (Phi) is 4.44. The van der Waals surface area contributed by atoms with Crippen molar-refractivity contribution in [2.75, 3.05) is 7.05 Å². The summed E-state index contributed by atoms with van der Waals surface area (Å²) in [5.74, 6) is -0.188. The molecule has 0 bridgehead atoms. The van der Waals surface area contributed by atoms with Crippen LogP contribution in [0.1, 0.15) is 34.1 Å². The van der Waals surface area contributed by atoms with Gasteiger partial charge in [0.1, 0.15) is 0 Å². The Morgan fingerprint density at radius 2 is 1.88 bits per heavy atom. The van der Waals surface area contributed by atoms with E-state index in [-0.39, 0.29) is 11.5 Å². The largest absolute Gasteiger partial charge is 0.337 e. The van der Waals surface area contributed by atoms with E-state index in [2.05, 4.69) is 29.1 Å². The lowest BCUT2D eigenvalue weighted by Crippen LogP contribution is -2.27. The summed E-state index contributed by atoms with van der Waals surface area (Å²) in [5.41, 5.74) is 3.60. The Hall–Kier alpha value is -2.89. The Morgan fingerprint density at radius 3 is 2.52 bits per heavy atom. The van der Waals surface area contributed by atoms with Gasteiger partial charge in [0.15, 0.2) is 5.65 Å². The maximum absolute atomic E-state index is 12.9. The average Bonchev–Trinajstić information content (AvgIpc) is 2.88. The van der Waals surface area contributed by atoms with Gasteiger partial charge in [0.05, 0.1) is 10.9 Å². The highest BCUT2D eigenvalue weighted by atomic mass is 16.2. The van der Waals surface area contributed by atoms with E-state index in [1.807, 2.05) is 19.1 Å². The van der Waals surface area contributed by atoms with Crippen LogP contribution in [-0.4, -0.2) is 32.6 Å². The molecule has 1 N–H and O–H groups in total. The summed E-state index contributed by atoms with van der Waals surface area (Å²) >= 11 is 0. The molecule has 2 aromatic heterocycles. The van der Waals surface area contributed by atoms with Crippen LogP contribution in [0.25, 0.3) is 11.0 Å². The Bertz CT molecular complexity index is 983. The number of benzene rings is 1. The van der Waals surface area contributed by atoms with Gasteiger partial charge in [-0.1, -0.05) is 31.2 Å². The second-order valence-corrected chi connectivity index (χ2v) is 6.34. The van der Waals surface area contributed by atoms with Crippen molar-refractivity contribution in [3.05, 3.63) is 63.1 Å². The zero-order valence-corrected chi connectivity index (χ0v) is 15.0. The Morgan fingerprint density at radius 1 is 1.24 bits per heavy atom. The SMILES string of the molecule is CCc1ccc(CN(C)C(=O)c2cc(C)nc3c2c(=O)[nH]n3C)cc1. The lowest BCUT2D eigenvalue weighted by atomic mass is 10.1. The molecule has 0 aliphatic heterocycles. The van der Waals surface area contributed by atoms with Crippen molar-refractivity contribution < 1.29 is 4.79 Å². The van der Waals surface area contributed by atoms with Gasteiger partial charge in [0.25, 0.3) is 11.5 Å². The number of fused-ring (bicyclic) bond motifs is 1. The number of hydrogen-bond acceptors (Lipinski definition) is 3. The molecule has 3 aromatic rings. The summed E-state index contributed by atoms with van der Waals surface area (Å²) in [5, 5.41) is 3.01. The van der Waals surface area contributed by atoms with E-state index in [1.165, 1.54) is 5.56 Å². The predicted molar refractivity (Wildman–Crippen MR) is 97.7 cm³/mol. The molecule has 0 aliphatic rings. The zero-order chi connectivity index (χ0) is 18.1. The Balaban J connectivity index is 1.94. The van der Waals surface area contributed by atoms with Crippen LogP contribution >= 0.6 is 0 Å². The van der Waals surface area contributed by atoms with E-state index < -0.39 is 0 Å². The molecule has 130 valence electrons. The normalized spacial score (nSPS) is 11.0. The van der Waals surface area contributed by atoms with Crippen LogP contribution in [0.4, 0.5) is 0 Å². The van der Waals surface area contributed by atoms with Gasteiger partial charge in [-0.25, -0.2) is 4.98 Å². The van der Waals surface area contributed by atoms with Crippen molar-refractivity contribution in [3.63, 3.8) is 0 Å². The second kappa shape index (κ2) is 6.55. The number of aromatic nitrogens is 3. The number of aryl methyl sites for hydroxylation is 3. The first-order chi connectivity index (χ1) is 11.9. The third-order valence-corrected chi connectivity index (χ3v) is 4.37. The molecule has 0 saturated carbocycles. The number of nitrogens with zero attached hydrogens (tertiary/aromatic N) is 3. The van der Waals surface area contributed by atoms with Gasteiger partial charge in [-0.05, 0) is 30.5 Å². The lowest BCUT2D eigenvalue weighted by molar-refractivity contribution is 0.0787. The first kappa shape index (κ1) is 17.0. The first-order valence-corrected chi connectivity index (χ1v) is 8.30. The van der Waals surface area contributed by atoms with Gasteiger partial charge in [-0.2, -0.15) is 0 Å². The maximum atomic E-state index is 12.9. The molecule has 0 radical (unpaired) electrons. The molecule has 0 aliphatic carbocycles. The number of nitrogens with one attached hydrogen (secondary N) is 1. The molecule has 2 heterocycles. The molecular weight excluding hydrogens is 316 g/mol. The van der Waals surface area contributed by atoms with Crippen LogP contribution in [0.3, 0.4) is 0 Å². The molecule has 1 amide bonds. The van der Waals surface area contributed by atoms with Gasteiger partial charge in [-0.15, -0.1) is 0 Å². The van der Waals surface area contributed by atoms with Crippen LogP contribution in [0.5, 0.6) is 0 Å². The number of H-pyrrole nitrogens is 1. The predicted octanol–water partition coefficient (Wildman–Crippen LogP) is 2.40. The molecule has 25 heavy (non-hydrogen) atoms. The van der Waals surface area contributed by atoms with Crippen LogP contribution in [-0.2, 0) is 20.0 Å². The number of aromatic amines is 1. The van der Waals surface area contributed by atoms with Crippen molar-refractivity contribution in [2.45, 2.75) is 26.8 Å². The fraction of sp³-hybridized carbons (Fsp3) is 0.316. The molecular formula is C19H22N4O2. The first-order valence-electron chi connectivity index (χ1n) is 8.30. The third-order valence-electron chi connectivity index (χ3n) is 4.37. The van der Waals surface area contributed by atoms with E-state index in [4.69, 9.17) is 0 Å². The van der Waals surface area contributed by atoms with Gasteiger partial charge < -0.3 is 4.90 Å². The van der Waals surface area contributed by atoms with Crippen LogP contribution in [0.15, 0.2) is 35.1 Å². The number of hydrogen-bond donors (Lipinski definition) is 1. The Labute approximate surface area is 146 Å². The molecule has 6 heteroatoms. The standard InChI is InChI=1S/C19H22N4O2/c1-5-13-6-8-14(9-7-13)11-22(3)19(25)15-10-12(2)20-17-16(15)18(24)21-23(17)4/h6-10H,5,11H2,1-4H3,(H,21,24).